The van der Waals surface area contributed by atoms with Gasteiger partial charge in [-0.25, -0.2) is 0 Å². The Balaban J connectivity index is 1.81. The van der Waals surface area contributed by atoms with Crippen molar-refractivity contribution in [2.75, 3.05) is 6.61 Å². The van der Waals surface area contributed by atoms with E-state index in [0.29, 0.717) is 29.6 Å². The van der Waals surface area contributed by atoms with Crippen LogP contribution in [0.1, 0.15) is 24.5 Å². The monoisotopic (exact) mass is 343 g/mol. The molecule has 0 spiro atoms. The van der Waals surface area contributed by atoms with Crippen molar-refractivity contribution < 1.29 is 9.84 Å². The third-order valence-corrected chi connectivity index (χ3v) is 3.38. The lowest BCUT2D eigenvalue weighted by Crippen LogP contribution is -2.31. The van der Waals surface area contributed by atoms with Gasteiger partial charge in [-0.15, -0.1) is 0 Å². The van der Waals surface area contributed by atoms with Gasteiger partial charge in [0.2, 0.25) is 0 Å². The molecule has 0 aliphatic rings. The third kappa shape index (κ3) is 5.89. The first-order valence-corrected chi connectivity index (χ1v) is 8.16. The molecule has 5 nitrogen and oxygen atoms in total. The van der Waals surface area contributed by atoms with Crippen molar-refractivity contribution in [2.24, 2.45) is 5.10 Å². The Hall–Kier alpha value is -2.60. The molecule has 126 valence electrons. The average Bonchev–Trinajstić information content (AvgIpc) is 2.60. The first-order valence-electron chi connectivity index (χ1n) is 7.75. The lowest BCUT2D eigenvalue weighted by atomic mass is 10.2. The van der Waals surface area contributed by atoms with Crippen LogP contribution in [-0.2, 0) is 6.54 Å². The normalized spacial score (nSPS) is 10.5. The summed E-state index contributed by atoms with van der Waals surface area (Å²) in [4.78, 5) is 0. The number of nitrogens with zero attached hydrogens (tertiary/aromatic N) is 1. The van der Waals surface area contributed by atoms with Crippen LogP contribution in [0, 0.1) is 0 Å². The highest BCUT2D eigenvalue weighted by Gasteiger charge is 2.01. The number of ether oxygens (including phenoxy) is 1. The van der Waals surface area contributed by atoms with E-state index in [0.717, 1.165) is 12.0 Å². The Labute approximate surface area is 147 Å². The number of phenols is 1. The zero-order chi connectivity index (χ0) is 17.2. The van der Waals surface area contributed by atoms with Gasteiger partial charge in [-0.1, -0.05) is 37.3 Å². The van der Waals surface area contributed by atoms with Gasteiger partial charge < -0.3 is 15.2 Å². The summed E-state index contributed by atoms with van der Waals surface area (Å²) in [5.41, 5.74) is 4.44. The van der Waals surface area contributed by atoms with E-state index in [1.165, 1.54) is 6.21 Å². The van der Waals surface area contributed by atoms with Gasteiger partial charge in [0, 0.05) is 18.2 Å². The van der Waals surface area contributed by atoms with Crippen molar-refractivity contribution in [3.8, 4) is 11.5 Å². The minimum atomic E-state index is 0.109. The Bertz CT molecular complexity index is 690. The van der Waals surface area contributed by atoms with Crippen LogP contribution in [0.2, 0.25) is 0 Å². The number of rotatable bonds is 7. The number of hydrazone groups is 1. The molecule has 0 bridgehead atoms. The van der Waals surface area contributed by atoms with Crippen LogP contribution in [0.25, 0.3) is 0 Å². The summed E-state index contributed by atoms with van der Waals surface area (Å²) in [6.45, 7) is 3.27. The molecule has 0 unspecified atom stereocenters. The fourth-order valence-corrected chi connectivity index (χ4v) is 2.05. The fraction of sp³-hybridized carbons (Fsp3) is 0.222. The molecule has 24 heavy (non-hydrogen) atoms. The molecular formula is C18H21N3O2S. The minimum absolute atomic E-state index is 0.109. The summed E-state index contributed by atoms with van der Waals surface area (Å²) in [7, 11) is 0. The molecule has 2 rings (SSSR count). The van der Waals surface area contributed by atoms with E-state index in [1.54, 1.807) is 18.2 Å². The molecule has 3 N–H and O–H groups in total. The maximum absolute atomic E-state index is 9.96. The number of thiocarbonyl (C=S) groups is 1. The van der Waals surface area contributed by atoms with E-state index in [-0.39, 0.29) is 5.75 Å². The summed E-state index contributed by atoms with van der Waals surface area (Å²) < 4.78 is 5.46. The van der Waals surface area contributed by atoms with Crippen molar-refractivity contribution >= 4 is 23.5 Å². The highest BCUT2D eigenvalue weighted by molar-refractivity contribution is 7.80. The average molecular weight is 343 g/mol. The van der Waals surface area contributed by atoms with Crippen molar-refractivity contribution in [3.63, 3.8) is 0 Å². The minimum Gasteiger partial charge on any atom is -0.507 e. The van der Waals surface area contributed by atoms with Crippen LogP contribution in [-0.4, -0.2) is 23.0 Å². The second-order valence-electron chi connectivity index (χ2n) is 5.11. The van der Waals surface area contributed by atoms with Gasteiger partial charge in [0.05, 0.1) is 12.8 Å². The second kappa shape index (κ2) is 9.52. The van der Waals surface area contributed by atoms with Crippen LogP contribution in [0.5, 0.6) is 11.5 Å². The second-order valence-corrected chi connectivity index (χ2v) is 5.52. The molecular weight excluding hydrogens is 322 g/mol. The van der Waals surface area contributed by atoms with Crippen molar-refractivity contribution in [1.82, 2.24) is 10.7 Å². The Morgan fingerprint density at radius 3 is 2.75 bits per heavy atom. The van der Waals surface area contributed by atoms with Crippen LogP contribution in [0.15, 0.2) is 53.6 Å². The Morgan fingerprint density at radius 2 is 2.04 bits per heavy atom. The highest BCUT2D eigenvalue weighted by Crippen LogP contribution is 2.22. The molecule has 0 saturated heterocycles. The third-order valence-electron chi connectivity index (χ3n) is 3.14. The van der Waals surface area contributed by atoms with Crippen LogP contribution < -0.4 is 15.5 Å². The number of hydrogen-bond acceptors (Lipinski definition) is 4. The van der Waals surface area contributed by atoms with Crippen molar-refractivity contribution in [2.45, 2.75) is 19.9 Å². The molecule has 0 aromatic heterocycles. The van der Waals surface area contributed by atoms with Gasteiger partial charge in [0.25, 0.3) is 0 Å². The standard InChI is InChI=1S/C18H21N3O2S/c1-2-10-23-16-9-8-15(17(22)11-16)13-20-21-18(24)19-12-14-6-4-3-5-7-14/h3-9,11,13,22H,2,10,12H2,1H3,(H2,19,21,24)/b20-13+. The van der Waals surface area contributed by atoms with Crippen LogP contribution in [0.3, 0.4) is 0 Å². The number of nitrogens with one attached hydrogen (secondary N) is 2. The van der Waals surface area contributed by atoms with E-state index in [1.807, 2.05) is 37.3 Å². The van der Waals surface area contributed by atoms with Gasteiger partial charge in [-0.2, -0.15) is 5.10 Å². The van der Waals surface area contributed by atoms with Gasteiger partial charge >= 0.3 is 0 Å². The summed E-state index contributed by atoms with van der Waals surface area (Å²) >= 11 is 5.15. The number of benzene rings is 2. The molecule has 0 fully saturated rings. The van der Waals surface area contributed by atoms with E-state index in [2.05, 4.69) is 15.8 Å². The van der Waals surface area contributed by atoms with Gasteiger partial charge in [0.15, 0.2) is 5.11 Å². The maximum atomic E-state index is 9.96. The molecule has 2 aromatic carbocycles. The lowest BCUT2D eigenvalue weighted by Gasteiger charge is -2.07. The van der Waals surface area contributed by atoms with Crippen LogP contribution >= 0.6 is 12.2 Å². The summed E-state index contributed by atoms with van der Waals surface area (Å²) in [5, 5.41) is 17.5. The largest absolute Gasteiger partial charge is 0.507 e. The topological polar surface area (TPSA) is 65.9 Å². The summed E-state index contributed by atoms with van der Waals surface area (Å²) in [6, 6.07) is 15.1. The van der Waals surface area contributed by atoms with Crippen LogP contribution in [0.4, 0.5) is 0 Å². The Morgan fingerprint density at radius 1 is 1.25 bits per heavy atom. The van der Waals surface area contributed by atoms with Gasteiger partial charge in [-0.05, 0) is 36.3 Å². The molecule has 0 aliphatic carbocycles. The summed E-state index contributed by atoms with van der Waals surface area (Å²) in [5.74, 6) is 0.747. The van der Waals surface area contributed by atoms with E-state index in [9.17, 15) is 5.11 Å². The first-order chi connectivity index (χ1) is 11.7. The quantitative estimate of drug-likeness (QED) is 0.409. The van der Waals surface area contributed by atoms with E-state index < -0.39 is 0 Å². The zero-order valence-corrected chi connectivity index (χ0v) is 14.3. The predicted molar refractivity (Wildman–Crippen MR) is 101 cm³/mol. The molecule has 0 heterocycles. The van der Waals surface area contributed by atoms with Crippen molar-refractivity contribution in [3.05, 3.63) is 59.7 Å². The number of hydrogen-bond donors (Lipinski definition) is 3. The number of phenolic OH excluding ortho intramolecular Hbond substituents is 1. The van der Waals surface area contributed by atoms with Gasteiger partial charge in [0.1, 0.15) is 11.5 Å². The molecule has 6 heteroatoms. The first kappa shape index (κ1) is 17.7. The smallest absolute Gasteiger partial charge is 0.187 e. The highest BCUT2D eigenvalue weighted by atomic mass is 32.1. The molecule has 0 amide bonds. The molecule has 0 atom stereocenters. The van der Waals surface area contributed by atoms with E-state index >= 15 is 0 Å². The fourth-order valence-electron chi connectivity index (χ4n) is 1.92. The SMILES string of the molecule is CCCOc1ccc(/C=N/NC(=S)NCc2ccccc2)c(O)c1. The van der Waals surface area contributed by atoms with Crippen molar-refractivity contribution in [1.29, 1.82) is 0 Å². The van der Waals surface area contributed by atoms with E-state index in [4.69, 9.17) is 17.0 Å². The number of aromatic hydroxyl groups is 1. The molecule has 0 saturated carbocycles. The molecule has 2 aromatic rings. The lowest BCUT2D eigenvalue weighted by molar-refractivity contribution is 0.315. The Kier molecular flexibility index (Phi) is 7.04. The zero-order valence-electron chi connectivity index (χ0n) is 13.5. The molecule has 0 radical (unpaired) electrons. The molecule has 0 aliphatic heterocycles. The van der Waals surface area contributed by atoms with Gasteiger partial charge in [-0.3, -0.25) is 5.43 Å². The summed E-state index contributed by atoms with van der Waals surface area (Å²) in [6.07, 6.45) is 2.43. The maximum Gasteiger partial charge on any atom is 0.187 e. The predicted octanol–water partition coefficient (Wildman–Crippen LogP) is 3.18.